The van der Waals surface area contributed by atoms with Crippen LogP contribution in [0.5, 0.6) is 11.5 Å². The Hall–Kier alpha value is -2.89. The standard InChI is InChI=1S/C24H35N7O4/c25-5-7-32-9-10-33-8-6-26-22-29-23(27-14-17-2-4-20-21(13-17)35-15-34-20)31-24(30-22)28-19-12-16-1-3-18(19)11-16/h2,4,13,16,18-19H,1,3,5-12,14-15,25H2,(H3,26,27,28,29,30,31). The monoisotopic (exact) mass is 485 g/mol. The quantitative estimate of drug-likeness (QED) is 0.293. The van der Waals surface area contributed by atoms with Crippen LogP contribution in [0.2, 0.25) is 0 Å². The number of hydrogen-bond acceptors (Lipinski definition) is 11. The van der Waals surface area contributed by atoms with E-state index in [-0.39, 0.29) is 6.79 Å². The van der Waals surface area contributed by atoms with Crippen LogP contribution in [0, 0.1) is 11.8 Å². The molecular weight excluding hydrogens is 450 g/mol. The van der Waals surface area contributed by atoms with Crippen molar-refractivity contribution in [3.63, 3.8) is 0 Å². The van der Waals surface area contributed by atoms with Gasteiger partial charge in [0.25, 0.3) is 0 Å². The number of benzene rings is 1. The van der Waals surface area contributed by atoms with Crippen LogP contribution in [-0.2, 0) is 16.0 Å². The zero-order valence-electron chi connectivity index (χ0n) is 20.0. The molecule has 0 spiro atoms. The number of fused-ring (bicyclic) bond motifs is 3. The van der Waals surface area contributed by atoms with E-state index in [0.29, 0.717) is 75.9 Å². The van der Waals surface area contributed by atoms with Gasteiger partial charge in [0.05, 0.1) is 26.4 Å². The molecule has 11 heteroatoms. The van der Waals surface area contributed by atoms with Crippen LogP contribution in [0.25, 0.3) is 0 Å². The van der Waals surface area contributed by atoms with Gasteiger partial charge in [-0.2, -0.15) is 15.0 Å². The molecule has 1 aliphatic heterocycles. The second kappa shape index (κ2) is 11.7. The lowest BCUT2D eigenvalue weighted by atomic mass is 9.95. The molecule has 2 fully saturated rings. The van der Waals surface area contributed by atoms with E-state index < -0.39 is 0 Å². The highest BCUT2D eigenvalue weighted by Gasteiger charge is 2.39. The van der Waals surface area contributed by atoms with Crippen LogP contribution < -0.4 is 31.2 Å². The average Bonchev–Trinajstić information content (AvgIpc) is 3.61. The number of nitrogens with two attached hydrogens (primary N) is 1. The van der Waals surface area contributed by atoms with Gasteiger partial charge in [0.1, 0.15) is 0 Å². The third-order valence-electron chi connectivity index (χ3n) is 6.74. The first kappa shape index (κ1) is 23.8. The summed E-state index contributed by atoms with van der Waals surface area (Å²) in [5, 5.41) is 10.2. The van der Waals surface area contributed by atoms with E-state index in [1.807, 2.05) is 18.2 Å². The summed E-state index contributed by atoms with van der Waals surface area (Å²) in [6.07, 6.45) is 5.15. The van der Waals surface area contributed by atoms with Crippen molar-refractivity contribution in [2.24, 2.45) is 17.6 Å². The first-order chi connectivity index (χ1) is 17.3. The SMILES string of the molecule is NCCOCCOCCNc1nc(NCc2ccc3c(c2)OCO3)nc(NC2CC3CCC2C3)n1. The van der Waals surface area contributed by atoms with Crippen LogP contribution in [-0.4, -0.2) is 67.3 Å². The minimum atomic E-state index is 0.261. The van der Waals surface area contributed by atoms with E-state index in [2.05, 4.69) is 30.9 Å². The maximum atomic E-state index is 5.59. The molecule has 2 saturated carbocycles. The van der Waals surface area contributed by atoms with Gasteiger partial charge in [-0.05, 0) is 48.8 Å². The van der Waals surface area contributed by atoms with E-state index in [0.717, 1.165) is 23.0 Å². The average molecular weight is 486 g/mol. The third kappa shape index (κ3) is 6.41. The second-order valence-corrected chi connectivity index (χ2v) is 9.21. The Balaban J connectivity index is 1.18. The molecule has 11 nitrogen and oxygen atoms in total. The highest BCUT2D eigenvalue weighted by molar-refractivity contribution is 5.47. The predicted molar refractivity (Wildman–Crippen MR) is 132 cm³/mol. The fraction of sp³-hybridized carbons (Fsp3) is 0.625. The maximum Gasteiger partial charge on any atom is 0.231 e. The molecule has 2 aromatic rings. The molecule has 0 amide bonds. The zero-order chi connectivity index (χ0) is 23.9. The van der Waals surface area contributed by atoms with Crippen molar-refractivity contribution >= 4 is 17.8 Å². The van der Waals surface area contributed by atoms with Gasteiger partial charge in [-0.15, -0.1) is 0 Å². The summed E-state index contributed by atoms with van der Waals surface area (Å²) in [5.74, 6) is 4.72. The highest BCUT2D eigenvalue weighted by atomic mass is 16.7. The minimum absolute atomic E-state index is 0.261. The summed E-state index contributed by atoms with van der Waals surface area (Å²) in [5.41, 5.74) is 6.46. The van der Waals surface area contributed by atoms with Crippen molar-refractivity contribution in [1.29, 1.82) is 0 Å². The molecular formula is C24H35N7O4. The molecule has 3 atom stereocenters. The van der Waals surface area contributed by atoms with E-state index in [1.165, 1.54) is 25.7 Å². The lowest BCUT2D eigenvalue weighted by molar-refractivity contribution is 0.0547. The summed E-state index contributed by atoms with van der Waals surface area (Å²) >= 11 is 0. The summed E-state index contributed by atoms with van der Waals surface area (Å²) in [6, 6.07) is 6.33. The molecule has 2 heterocycles. The van der Waals surface area contributed by atoms with Gasteiger partial charge >= 0.3 is 0 Å². The first-order valence-electron chi connectivity index (χ1n) is 12.5. The molecule has 2 aliphatic carbocycles. The van der Waals surface area contributed by atoms with Gasteiger partial charge in [0, 0.05) is 25.7 Å². The Morgan fingerprint density at radius 2 is 1.69 bits per heavy atom. The van der Waals surface area contributed by atoms with E-state index in [1.54, 1.807) is 0 Å². The summed E-state index contributed by atoms with van der Waals surface area (Å²) in [4.78, 5) is 13.8. The van der Waals surface area contributed by atoms with Gasteiger partial charge in [-0.25, -0.2) is 0 Å². The maximum absolute atomic E-state index is 5.59. The molecule has 5 rings (SSSR count). The topological polar surface area (TPSA) is 138 Å². The molecule has 1 aromatic heterocycles. The minimum Gasteiger partial charge on any atom is -0.454 e. The first-order valence-corrected chi connectivity index (χ1v) is 12.5. The van der Waals surface area contributed by atoms with Crippen molar-refractivity contribution in [3.8, 4) is 11.5 Å². The van der Waals surface area contributed by atoms with Crippen LogP contribution in [0.4, 0.5) is 17.8 Å². The van der Waals surface area contributed by atoms with Crippen LogP contribution in [0.3, 0.4) is 0 Å². The largest absolute Gasteiger partial charge is 0.454 e. The van der Waals surface area contributed by atoms with Crippen molar-refractivity contribution < 1.29 is 18.9 Å². The Labute approximate surface area is 205 Å². The Morgan fingerprint density at radius 3 is 2.49 bits per heavy atom. The number of nitrogens with zero attached hydrogens (tertiary/aromatic N) is 3. The molecule has 0 radical (unpaired) electrons. The van der Waals surface area contributed by atoms with Gasteiger partial charge in [-0.1, -0.05) is 12.5 Å². The van der Waals surface area contributed by atoms with Gasteiger partial charge in [0.2, 0.25) is 24.6 Å². The van der Waals surface area contributed by atoms with Gasteiger partial charge < -0.3 is 40.6 Å². The van der Waals surface area contributed by atoms with Crippen molar-refractivity contribution in [3.05, 3.63) is 23.8 Å². The Morgan fingerprint density at radius 1 is 0.886 bits per heavy atom. The van der Waals surface area contributed by atoms with E-state index in [9.17, 15) is 0 Å². The zero-order valence-corrected chi connectivity index (χ0v) is 20.0. The normalized spacial score (nSPS) is 21.9. The van der Waals surface area contributed by atoms with Gasteiger partial charge in [0.15, 0.2) is 11.5 Å². The highest BCUT2D eigenvalue weighted by Crippen LogP contribution is 2.45. The summed E-state index contributed by atoms with van der Waals surface area (Å²) < 4.78 is 21.8. The molecule has 0 saturated heterocycles. The van der Waals surface area contributed by atoms with Crippen molar-refractivity contribution in [1.82, 2.24) is 15.0 Å². The lowest BCUT2D eigenvalue weighted by Gasteiger charge is -2.23. The van der Waals surface area contributed by atoms with Crippen LogP contribution in [0.1, 0.15) is 31.2 Å². The number of aromatic nitrogens is 3. The van der Waals surface area contributed by atoms with Crippen LogP contribution >= 0.6 is 0 Å². The fourth-order valence-electron chi connectivity index (χ4n) is 5.06. The number of ether oxygens (including phenoxy) is 4. The van der Waals surface area contributed by atoms with Crippen LogP contribution in [0.15, 0.2) is 18.2 Å². The molecule has 1 aromatic carbocycles. The van der Waals surface area contributed by atoms with E-state index >= 15 is 0 Å². The van der Waals surface area contributed by atoms with Crippen molar-refractivity contribution in [2.75, 3.05) is 62.3 Å². The second-order valence-electron chi connectivity index (χ2n) is 9.21. The smallest absolute Gasteiger partial charge is 0.231 e. The Kier molecular flexibility index (Phi) is 7.96. The van der Waals surface area contributed by atoms with Crippen molar-refractivity contribution in [2.45, 2.75) is 38.3 Å². The molecule has 2 bridgehead atoms. The van der Waals surface area contributed by atoms with E-state index in [4.69, 9.17) is 24.7 Å². The molecule has 190 valence electrons. The van der Waals surface area contributed by atoms with Gasteiger partial charge in [-0.3, -0.25) is 0 Å². The fourth-order valence-corrected chi connectivity index (χ4v) is 5.06. The molecule has 3 unspecified atom stereocenters. The molecule has 35 heavy (non-hydrogen) atoms. The summed E-state index contributed by atoms with van der Waals surface area (Å²) in [6.45, 7) is 4.05. The number of nitrogens with one attached hydrogen (secondary N) is 3. The third-order valence-corrected chi connectivity index (χ3v) is 6.74. The number of hydrogen-bond donors (Lipinski definition) is 4. The molecule has 3 aliphatic rings. The lowest BCUT2D eigenvalue weighted by Crippen LogP contribution is -2.27. The Bertz CT molecular complexity index is 979. The molecule has 5 N–H and O–H groups in total. The summed E-state index contributed by atoms with van der Waals surface area (Å²) in [7, 11) is 0. The number of anilines is 3. The predicted octanol–water partition coefficient (Wildman–Crippen LogP) is 2.22. The number of rotatable bonds is 14.